The van der Waals surface area contributed by atoms with Gasteiger partial charge < -0.3 is 20.1 Å². The standard InChI is InChI=1S/C20H24N2O3/c1-24-18-4-3-5-19(25-2)17(18)13-22-20(23)15-8-6-14(7-9-15)16-10-11-21-12-16/h3-9,16,21H,10-13H2,1-2H3,(H,22,23)/t16-/m1/s1. The maximum Gasteiger partial charge on any atom is 0.251 e. The van der Waals surface area contributed by atoms with E-state index in [-0.39, 0.29) is 5.91 Å². The zero-order valence-electron chi connectivity index (χ0n) is 14.7. The molecular formula is C20H24N2O3. The molecule has 0 radical (unpaired) electrons. The molecule has 0 aromatic heterocycles. The Balaban J connectivity index is 1.67. The molecule has 1 aliphatic heterocycles. The van der Waals surface area contributed by atoms with Crippen molar-refractivity contribution in [3.63, 3.8) is 0 Å². The predicted molar refractivity (Wildman–Crippen MR) is 97.4 cm³/mol. The van der Waals surface area contributed by atoms with Crippen LogP contribution in [-0.4, -0.2) is 33.2 Å². The first kappa shape index (κ1) is 17.3. The molecule has 0 bridgehead atoms. The van der Waals surface area contributed by atoms with E-state index < -0.39 is 0 Å². The summed E-state index contributed by atoms with van der Waals surface area (Å²) < 4.78 is 10.7. The van der Waals surface area contributed by atoms with Crippen molar-refractivity contribution in [2.75, 3.05) is 27.3 Å². The highest BCUT2D eigenvalue weighted by Gasteiger charge is 2.17. The number of hydrogen-bond donors (Lipinski definition) is 2. The van der Waals surface area contributed by atoms with Crippen molar-refractivity contribution in [1.82, 2.24) is 10.6 Å². The average Bonchev–Trinajstić information content (AvgIpc) is 3.20. The van der Waals surface area contributed by atoms with Gasteiger partial charge in [0.2, 0.25) is 0 Å². The molecule has 1 saturated heterocycles. The molecule has 0 unspecified atom stereocenters. The third kappa shape index (κ3) is 3.94. The molecule has 1 fully saturated rings. The van der Waals surface area contributed by atoms with Crippen molar-refractivity contribution < 1.29 is 14.3 Å². The summed E-state index contributed by atoms with van der Waals surface area (Å²) in [5, 5.41) is 6.31. The molecular weight excluding hydrogens is 316 g/mol. The van der Waals surface area contributed by atoms with Gasteiger partial charge >= 0.3 is 0 Å². The SMILES string of the molecule is COc1cccc(OC)c1CNC(=O)c1ccc([C@@H]2CCNC2)cc1. The molecule has 3 rings (SSSR count). The number of methoxy groups -OCH3 is 2. The largest absolute Gasteiger partial charge is 0.496 e. The van der Waals surface area contributed by atoms with Crippen molar-refractivity contribution in [2.24, 2.45) is 0 Å². The van der Waals surface area contributed by atoms with Gasteiger partial charge in [-0.1, -0.05) is 18.2 Å². The van der Waals surface area contributed by atoms with Gasteiger partial charge in [-0.05, 0) is 48.7 Å². The molecule has 2 N–H and O–H groups in total. The van der Waals surface area contributed by atoms with Crippen molar-refractivity contribution in [2.45, 2.75) is 18.9 Å². The Labute approximate surface area is 148 Å². The average molecular weight is 340 g/mol. The number of amides is 1. The van der Waals surface area contributed by atoms with Crippen LogP contribution in [0.4, 0.5) is 0 Å². The summed E-state index contributed by atoms with van der Waals surface area (Å²) in [6, 6.07) is 13.5. The number of carbonyl (C=O) groups excluding carboxylic acids is 1. The van der Waals surface area contributed by atoms with E-state index in [0.29, 0.717) is 29.5 Å². The van der Waals surface area contributed by atoms with Crippen LogP contribution in [0.5, 0.6) is 11.5 Å². The summed E-state index contributed by atoms with van der Waals surface area (Å²) in [5.74, 6) is 1.84. The minimum atomic E-state index is -0.107. The van der Waals surface area contributed by atoms with Gasteiger partial charge in [-0.2, -0.15) is 0 Å². The number of rotatable bonds is 6. The van der Waals surface area contributed by atoms with Crippen LogP contribution >= 0.6 is 0 Å². The minimum absolute atomic E-state index is 0.107. The van der Waals surface area contributed by atoms with Crippen LogP contribution in [-0.2, 0) is 6.54 Å². The third-order valence-corrected chi connectivity index (χ3v) is 4.66. The molecule has 1 atom stereocenters. The monoisotopic (exact) mass is 340 g/mol. The lowest BCUT2D eigenvalue weighted by molar-refractivity contribution is 0.0950. The lowest BCUT2D eigenvalue weighted by Gasteiger charge is -2.14. The van der Waals surface area contributed by atoms with Crippen molar-refractivity contribution >= 4 is 5.91 Å². The zero-order valence-corrected chi connectivity index (χ0v) is 14.7. The van der Waals surface area contributed by atoms with Crippen LogP contribution in [0.25, 0.3) is 0 Å². The molecule has 0 saturated carbocycles. The lowest BCUT2D eigenvalue weighted by atomic mass is 9.97. The summed E-state index contributed by atoms with van der Waals surface area (Å²) in [6.07, 6.45) is 1.15. The van der Waals surface area contributed by atoms with Crippen LogP contribution < -0.4 is 20.1 Å². The summed E-state index contributed by atoms with van der Waals surface area (Å²) in [4.78, 5) is 12.4. The number of hydrogen-bond acceptors (Lipinski definition) is 4. The highest BCUT2D eigenvalue weighted by atomic mass is 16.5. The summed E-state index contributed by atoms with van der Waals surface area (Å²) >= 11 is 0. The van der Waals surface area contributed by atoms with Gasteiger partial charge in [0.1, 0.15) is 11.5 Å². The Hall–Kier alpha value is -2.53. The predicted octanol–water partition coefficient (Wildman–Crippen LogP) is 2.71. The van der Waals surface area contributed by atoms with E-state index in [9.17, 15) is 4.79 Å². The van der Waals surface area contributed by atoms with E-state index in [1.807, 2.05) is 30.3 Å². The van der Waals surface area contributed by atoms with Gasteiger partial charge in [-0.25, -0.2) is 0 Å². The first-order chi connectivity index (χ1) is 12.2. The zero-order chi connectivity index (χ0) is 17.6. The minimum Gasteiger partial charge on any atom is -0.496 e. The Morgan fingerprint density at radius 1 is 1.12 bits per heavy atom. The van der Waals surface area contributed by atoms with Gasteiger partial charge in [0, 0.05) is 12.1 Å². The van der Waals surface area contributed by atoms with E-state index in [4.69, 9.17) is 9.47 Å². The van der Waals surface area contributed by atoms with Crippen LogP contribution in [0.3, 0.4) is 0 Å². The first-order valence-electron chi connectivity index (χ1n) is 8.51. The fraction of sp³-hybridized carbons (Fsp3) is 0.350. The second-order valence-corrected chi connectivity index (χ2v) is 6.14. The highest BCUT2D eigenvalue weighted by Crippen LogP contribution is 2.28. The second-order valence-electron chi connectivity index (χ2n) is 6.14. The van der Waals surface area contributed by atoms with E-state index in [2.05, 4.69) is 22.8 Å². The Bertz CT molecular complexity index is 700. The van der Waals surface area contributed by atoms with Gasteiger partial charge in [-0.3, -0.25) is 4.79 Å². The maximum atomic E-state index is 12.4. The first-order valence-corrected chi connectivity index (χ1v) is 8.51. The molecule has 2 aromatic rings. The van der Waals surface area contributed by atoms with Crippen LogP contribution in [0, 0.1) is 0 Å². The number of ether oxygens (including phenoxy) is 2. The van der Waals surface area contributed by atoms with Crippen molar-refractivity contribution in [3.05, 3.63) is 59.2 Å². The van der Waals surface area contributed by atoms with Crippen LogP contribution in [0.1, 0.15) is 33.8 Å². The van der Waals surface area contributed by atoms with E-state index >= 15 is 0 Å². The van der Waals surface area contributed by atoms with Gasteiger partial charge in [0.25, 0.3) is 5.91 Å². The van der Waals surface area contributed by atoms with Gasteiger partial charge in [0.15, 0.2) is 0 Å². The number of carbonyl (C=O) groups is 1. The molecule has 25 heavy (non-hydrogen) atoms. The molecule has 1 amide bonds. The maximum absolute atomic E-state index is 12.4. The van der Waals surface area contributed by atoms with Crippen molar-refractivity contribution in [3.8, 4) is 11.5 Å². The topological polar surface area (TPSA) is 59.6 Å². The fourth-order valence-corrected chi connectivity index (χ4v) is 3.22. The molecule has 0 spiro atoms. The van der Waals surface area contributed by atoms with E-state index in [1.54, 1.807) is 14.2 Å². The summed E-state index contributed by atoms with van der Waals surface area (Å²) in [5.41, 5.74) is 2.77. The number of nitrogens with one attached hydrogen (secondary N) is 2. The lowest BCUT2D eigenvalue weighted by Crippen LogP contribution is -2.23. The second kappa shape index (κ2) is 8.03. The Kier molecular flexibility index (Phi) is 5.56. The van der Waals surface area contributed by atoms with Crippen molar-refractivity contribution in [1.29, 1.82) is 0 Å². The molecule has 132 valence electrons. The van der Waals surface area contributed by atoms with E-state index in [0.717, 1.165) is 25.1 Å². The van der Waals surface area contributed by atoms with E-state index in [1.165, 1.54) is 5.56 Å². The summed E-state index contributed by atoms with van der Waals surface area (Å²) in [6.45, 7) is 2.42. The molecule has 1 aliphatic rings. The molecule has 5 nitrogen and oxygen atoms in total. The Morgan fingerprint density at radius 2 is 1.80 bits per heavy atom. The van der Waals surface area contributed by atoms with Gasteiger partial charge in [0.05, 0.1) is 26.3 Å². The van der Waals surface area contributed by atoms with Gasteiger partial charge in [-0.15, -0.1) is 0 Å². The third-order valence-electron chi connectivity index (χ3n) is 4.66. The molecule has 2 aromatic carbocycles. The normalized spacial score (nSPS) is 16.5. The quantitative estimate of drug-likeness (QED) is 0.849. The fourth-order valence-electron chi connectivity index (χ4n) is 3.22. The summed E-state index contributed by atoms with van der Waals surface area (Å²) in [7, 11) is 3.22. The van der Waals surface area contributed by atoms with Crippen LogP contribution in [0.2, 0.25) is 0 Å². The molecule has 1 heterocycles. The molecule has 5 heteroatoms. The Morgan fingerprint density at radius 3 is 2.36 bits per heavy atom. The molecule has 0 aliphatic carbocycles. The smallest absolute Gasteiger partial charge is 0.251 e. The van der Waals surface area contributed by atoms with Crippen LogP contribution in [0.15, 0.2) is 42.5 Å². The number of benzene rings is 2. The highest BCUT2D eigenvalue weighted by molar-refractivity contribution is 5.94.